The fraction of sp³-hybridized carbons (Fsp3) is 0.300. The molecule has 1 aromatic rings. The second kappa shape index (κ2) is 6.83. The molecule has 21 heavy (non-hydrogen) atoms. The molecule has 2 N–H and O–H groups in total. The predicted octanol–water partition coefficient (Wildman–Crippen LogP) is 1.42. The zero-order valence-corrected chi connectivity index (χ0v) is 13.2. The number of nitrogens with one attached hydrogen (secondary N) is 1. The van der Waals surface area contributed by atoms with Crippen molar-refractivity contribution in [1.29, 1.82) is 0 Å². The molecule has 0 atom stereocenters. The number of carboxylic acid groups (broad SMARTS) is 1. The number of anilines is 1. The van der Waals surface area contributed by atoms with Gasteiger partial charge in [-0.3, -0.25) is 19.6 Å². The number of benzene rings is 1. The van der Waals surface area contributed by atoms with Gasteiger partial charge in [-0.1, -0.05) is 0 Å². The normalized spacial score (nSPS) is 11.4. The zero-order valence-electron chi connectivity index (χ0n) is 10.8. The summed E-state index contributed by atoms with van der Waals surface area (Å²) in [4.78, 5) is 20.5. The molecule has 0 bridgehead atoms. The van der Waals surface area contributed by atoms with Crippen LogP contribution >= 0.6 is 15.9 Å². The number of nitro groups is 1. The van der Waals surface area contributed by atoms with Gasteiger partial charge in [0, 0.05) is 19.7 Å². The van der Waals surface area contributed by atoms with E-state index in [9.17, 15) is 23.3 Å². The van der Waals surface area contributed by atoms with Crippen LogP contribution in [0.1, 0.15) is 6.42 Å². The Labute approximate surface area is 129 Å². The minimum absolute atomic E-state index is 0.00655. The fourth-order valence-corrected chi connectivity index (χ4v) is 2.62. The highest BCUT2D eigenvalue weighted by molar-refractivity contribution is 9.10. The molecule has 0 saturated carbocycles. The van der Waals surface area contributed by atoms with Crippen LogP contribution in [0.2, 0.25) is 0 Å². The molecule has 0 aliphatic carbocycles. The van der Waals surface area contributed by atoms with Gasteiger partial charge in [0.05, 0.1) is 21.5 Å². The summed E-state index contributed by atoms with van der Waals surface area (Å²) in [5, 5.41) is 19.3. The predicted molar refractivity (Wildman–Crippen MR) is 78.2 cm³/mol. The Balaban J connectivity index is 2.91. The lowest BCUT2D eigenvalue weighted by Crippen LogP contribution is -2.34. The van der Waals surface area contributed by atoms with Gasteiger partial charge in [0.15, 0.2) is 0 Å². The van der Waals surface area contributed by atoms with Crippen molar-refractivity contribution in [3.8, 4) is 0 Å². The maximum atomic E-state index is 11.9. The van der Waals surface area contributed by atoms with Crippen LogP contribution < -0.4 is 4.72 Å². The molecule has 0 fully saturated rings. The van der Waals surface area contributed by atoms with Crippen LogP contribution in [0.5, 0.6) is 0 Å². The third-order valence-corrected chi connectivity index (χ3v) is 4.61. The smallest absolute Gasteiger partial charge is 0.304 e. The topological polar surface area (TPSA) is 130 Å². The third-order valence-electron chi connectivity index (χ3n) is 2.44. The summed E-state index contributed by atoms with van der Waals surface area (Å²) in [6.45, 7) is -0.219. The summed E-state index contributed by atoms with van der Waals surface area (Å²) in [5.74, 6) is -1.13. The first-order valence-electron chi connectivity index (χ1n) is 5.53. The van der Waals surface area contributed by atoms with E-state index >= 15 is 0 Å². The zero-order chi connectivity index (χ0) is 16.2. The SMILES string of the molecule is CN(CCC(=O)O)S(=O)(=O)Nc1ccc(Br)c([N+](=O)[O-])c1. The number of rotatable bonds is 7. The van der Waals surface area contributed by atoms with Gasteiger partial charge in [-0.15, -0.1) is 0 Å². The number of nitrogens with zero attached hydrogens (tertiary/aromatic N) is 2. The van der Waals surface area contributed by atoms with E-state index in [1.807, 2.05) is 0 Å². The van der Waals surface area contributed by atoms with Crippen molar-refractivity contribution in [2.24, 2.45) is 0 Å². The minimum Gasteiger partial charge on any atom is -0.481 e. The molecule has 116 valence electrons. The van der Waals surface area contributed by atoms with Gasteiger partial charge in [-0.2, -0.15) is 12.7 Å². The largest absolute Gasteiger partial charge is 0.481 e. The molecule has 0 spiro atoms. The Morgan fingerprint density at radius 3 is 2.67 bits per heavy atom. The lowest BCUT2D eigenvalue weighted by atomic mass is 10.3. The van der Waals surface area contributed by atoms with E-state index in [0.717, 1.165) is 10.4 Å². The fourth-order valence-electron chi connectivity index (χ4n) is 1.32. The number of carboxylic acids is 1. The second-order valence-corrected chi connectivity index (χ2v) is 6.63. The van der Waals surface area contributed by atoms with E-state index in [-0.39, 0.29) is 28.8 Å². The van der Waals surface area contributed by atoms with Crippen LogP contribution in [0.3, 0.4) is 0 Å². The molecule has 0 saturated heterocycles. The highest BCUT2D eigenvalue weighted by Gasteiger charge is 2.20. The molecule has 0 aliphatic heterocycles. The molecule has 0 aromatic heterocycles. The maximum Gasteiger partial charge on any atom is 0.304 e. The molecule has 11 heteroatoms. The van der Waals surface area contributed by atoms with Crippen molar-refractivity contribution in [2.75, 3.05) is 18.3 Å². The maximum absolute atomic E-state index is 11.9. The molecule has 0 heterocycles. The van der Waals surface area contributed by atoms with Crippen LogP contribution in [-0.2, 0) is 15.0 Å². The molecule has 9 nitrogen and oxygen atoms in total. The molecular weight excluding hydrogens is 370 g/mol. The molecule has 0 unspecified atom stereocenters. The monoisotopic (exact) mass is 381 g/mol. The lowest BCUT2D eigenvalue weighted by Gasteiger charge is -2.17. The van der Waals surface area contributed by atoms with E-state index in [1.165, 1.54) is 19.2 Å². The number of nitro benzene ring substituents is 1. The van der Waals surface area contributed by atoms with E-state index < -0.39 is 21.1 Å². The van der Waals surface area contributed by atoms with Crippen LogP contribution in [0.4, 0.5) is 11.4 Å². The van der Waals surface area contributed by atoms with Crippen LogP contribution in [-0.4, -0.2) is 42.3 Å². The van der Waals surface area contributed by atoms with E-state index in [1.54, 1.807) is 0 Å². The summed E-state index contributed by atoms with van der Waals surface area (Å²) >= 11 is 2.99. The number of hydrogen-bond acceptors (Lipinski definition) is 5. The second-order valence-electron chi connectivity index (χ2n) is 4.00. The Morgan fingerprint density at radius 1 is 1.52 bits per heavy atom. The first-order valence-corrected chi connectivity index (χ1v) is 7.76. The Kier molecular flexibility index (Phi) is 5.63. The number of halogens is 1. The summed E-state index contributed by atoms with van der Waals surface area (Å²) in [7, 11) is -2.78. The quantitative estimate of drug-likeness (QED) is 0.542. The van der Waals surface area contributed by atoms with Crippen LogP contribution in [0, 0.1) is 10.1 Å². The highest BCUT2D eigenvalue weighted by Crippen LogP contribution is 2.28. The number of hydrogen-bond donors (Lipinski definition) is 2. The number of carbonyl (C=O) groups is 1. The van der Waals surface area contributed by atoms with Gasteiger partial charge in [0.25, 0.3) is 5.69 Å². The average Bonchev–Trinajstić information content (AvgIpc) is 2.37. The standard InChI is InChI=1S/C10H12BrN3O6S/c1-13(5-4-10(15)16)21(19,20)12-7-2-3-8(11)9(6-7)14(17)18/h2-3,6,12H,4-5H2,1H3,(H,15,16). The van der Waals surface area contributed by atoms with Crippen molar-refractivity contribution >= 4 is 43.5 Å². The molecule has 1 rings (SSSR count). The van der Waals surface area contributed by atoms with Crippen molar-refractivity contribution in [2.45, 2.75) is 6.42 Å². The van der Waals surface area contributed by atoms with Gasteiger partial charge in [0.2, 0.25) is 0 Å². The first-order chi connectivity index (χ1) is 9.63. The van der Waals surface area contributed by atoms with Gasteiger partial charge >= 0.3 is 16.2 Å². The van der Waals surface area contributed by atoms with E-state index in [4.69, 9.17) is 5.11 Å². The minimum atomic E-state index is -3.98. The van der Waals surface area contributed by atoms with Gasteiger partial charge < -0.3 is 5.11 Å². The lowest BCUT2D eigenvalue weighted by molar-refractivity contribution is -0.385. The Morgan fingerprint density at radius 2 is 2.14 bits per heavy atom. The van der Waals surface area contributed by atoms with Crippen molar-refractivity contribution < 1.29 is 23.2 Å². The number of aliphatic carboxylic acids is 1. The molecule has 0 amide bonds. The average molecular weight is 382 g/mol. The van der Waals surface area contributed by atoms with Gasteiger partial charge in [-0.25, -0.2) is 0 Å². The Hall–Kier alpha value is -1.72. The third kappa shape index (κ3) is 4.95. The van der Waals surface area contributed by atoms with Gasteiger partial charge in [-0.05, 0) is 28.1 Å². The van der Waals surface area contributed by atoms with Crippen molar-refractivity contribution in [1.82, 2.24) is 4.31 Å². The first kappa shape index (κ1) is 17.3. The molecular formula is C10H12BrN3O6S. The van der Waals surface area contributed by atoms with E-state index in [2.05, 4.69) is 20.7 Å². The summed E-state index contributed by atoms with van der Waals surface area (Å²) < 4.78 is 27.0. The van der Waals surface area contributed by atoms with Crippen molar-refractivity contribution in [3.63, 3.8) is 0 Å². The Bertz CT molecular complexity index is 663. The summed E-state index contributed by atoms with van der Waals surface area (Å²) in [5.41, 5.74) is -0.282. The van der Waals surface area contributed by atoms with E-state index in [0.29, 0.717) is 0 Å². The van der Waals surface area contributed by atoms with Crippen molar-refractivity contribution in [3.05, 3.63) is 32.8 Å². The van der Waals surface area contributed by atoms with Crippen LogP contribution in [0.15, 0.2) is 22.7 Å². The molecule has 0 radical (unpaired) electrons. The molecule has 1 aromatic carbocycles. The van der Waals surface area contributed by atoms with Crippen LogP contribution in [0.25, 0.3) is 0 Å². The molecule has 0 aliphatic rings. The summed E-state index contributed by atoms with van der Waals surface area (Å²) in [6.07, 6.45) is -0.349. The highest BCUT2D eigenvalue weighted by atomic mass is 79.9. The van der Waals surface area contributed by atoms with Gasteiger partial charge in [0.1, 0.15) is 0 Å². The summed E-state index contributed by atoms with van der Waals surface area (Å²) in [6, 6.07) is 3.75.